The SMILES string of the molecule is COc1ccc2oc3c(cnn3-c3ccccc3)c(=O)c2c1. The fourth-order valence-electron chi connectivity index (χ4n) is 2.50. The summed E-state index contributed by atoms with van der Waals surface area (Å²) in [4.78, 5) is 12.6. The molecule has 0 aliphatic heterocycles. The first-order chi connectivity index (χ1) is 10.8. The van der Waals surface area contributed by atoms with Gasteiger partial charge in [0.2, 0.25) is 11.1 Å². The van der Waals surface area contributed by atoms with E-state index in [2.05, 4.69) is 5.10 Å². The number of nitrogens with zero attached hydrogens (tertiary/aromatic N) is 2. The Kier molecular flexibility index (Phi) is 2.72. The Morgan fingerprint density at radius 3 is 2.68 bits per heavy atom. The number of rotatable bonds is 2. The molecule has 4 aromatic rings. The van der Waals surface area contributed by atoms with Crippen LogP contribution < -0.4 is 10.2 Å². The van der Waals surface area contributed by atoms with E-state index in [0.29, 0.717) is 27.8 Å². The zero-order chi connectivity index (χ0) is 15.1. The van der Waals surface area contributed by atoms with Crippen LogP contribution in [-0.2, 0) is 0 Å². The number of para-hydroxylation sites is 1. The van der Waals surface area contributed by atoms with Gasteiger partial charge in [-0.1, -0.05) is 18.2 Å². The number of benzene rings is 2. The van der Waals surface area contributed by atoms with E-state index >= 15 is 0 Å². The molecule has 0 fully saturated rings. The lowest BCUT2D eigenvalue weighted by atomic mass is 10.2. The molecule has 0 amide bonds. The zero-order valence-electron chi connectivity index (χ0n) is 11.8. The summed E-state index contributed by atoms with van der Waals surface area (Å²) < 4.78 is 12.7. The van der Waals surface area contributed by atoms with Gasteiger partial charge in [0.25, 0.3) is 0 Å². The Hall–Kier alpha value is -3.08. The van der Waals surface area contributed by atoms with Crippen molar-refractivity contribution in [2.45, 2.75) is 0 Å². The fourth-order valence-corrected chi connectivity index (χ4v) is 2.50. The van der Waals surface area contributed by atoms with Crippen LogP contribution in [0.1, 0.15) is 0 Å². The second-order valence-electron chi connectivity index (χ2n) is 4.90. The molecule has 5 heteroatoms. The molecule has 0 radical (unpaired) electrons. The van der Waals surface area contributed by atoms with Gasteiger partial charge in [0.05, 0.1) is 24.4 Å². The molecule has 5 nitrogen and oxygen atoms in total. The third kappa shape index (κ3) is 1.79. The maximum atomic E-state index is 12.6. The minimum absolute atomic E-state index is 0.114. The normalized spacial score (nSPS) is 11.1. The van der Waals surface area contributed by atoms with E-state index in [1.54, 1.807) is 30.0 Å². The molecule has 108 valence electrons. The molecule has 22 heavy (non-hydrogen) atoms. The maximum Gasteiger partial charge on any atom is 0.233 e. The second kappa shape index (κ2) is 4.73. The fraction of sp³-hybridized carbons (Fsp3) is 0.0588. The van der Waals surface area contributed by atoms with Gasteiger partial charge >= 0.3 is 0 Å². The van der Waals surface area contributed by atoms with E-state index in [-0.39, 0.29) is 5.43 Å². The van der Waals surface area contributed by atoms with Gasteiger partial charge in [-0.2, -0.15) is 5.10 Å². The molecule has 2 aromatic heterocycles. The van der Waals surface area contributed by atoms with Gasteiger partial charge in [-0.3, -0.25) is 4.79 Å². The highest BCUT2D eigenvalue weighted by atomic mass is 16.5. The molecule has 0 N–H and O–H groups in total. The standard InChI is InChI=1S/C17H12N2O3/c1-21-12-7-8-15-13(9-12)16(20)14-10-18-19(17(14)22-15)11-5-3-2-4-6-11/h2-10H,1H3. The Labute approximate surface area is 125 Å². The average molecular weight is 292 g/mol. The number of hydrogen-bond acceptors (Lipinski definition) is 4. The van der Waals surface area contributed by atoms with Gasteiger partial charge in [0.15, 0.2) is 0 Å². The minimum atomic E-state index is -0.114. The smallest absolute Gasteiger partial charge is 0.233 e. The van der Waals surface area contributed by atoms with Crippen LogP contribution in [0.3, 0.4) is 0 Å². The minimum Gasteiger partial charge on any atom is -0.497 e. The molecule has 4 rings (SSSR count). The molecule has 2 aromatic carbocycles. The summed E-state index contributed by atoms with van der Waals surface area (Å²) in [6, 6.07) is 14.7. The highest BCUT2D eigenvalue weighted by Gasteiger charge is 2.14. The Morgan fingerprint density at radius 1 is 1.09 bits per heavy atom. The predicted octanol–water partition coefficient (Wildman–Crippen LogP) is 3.14. The number of aromatic nitrogens is 2. The van der Waals surface area contributed by atoms with Gasteiger partial charge < -0.3 is 9.15 Å². The van der Waals surface area contributed by atoms with E-state index in [1.165, 1.54) is 6.20 Å². The van der Waals surface area contributed by atoms with E-state index in [4.69, 9.17) is 9.15 Å². The molecular weight excluding hydrogens is 280 g/mol. The van der Waals surface area contributed by atoms with E-state index < -0.39 is 0 Å². The maximum absolute atomic E-state index is 12.6. The number of methoxy groups -OCH3 is 1. The number of ether oxygens (including phenoxy) is 1. The predicted molar refractivity (Wildman–Crippen MR) is 83.7 cm³/mol. The molecule has 2 heterocycles. The summed E-state index contributed by atoms with van der Waals surface area (Å²) in [6.45, 7) is 0. The Morgan fingerprint density at radius 2 is 1.91 bits per heavy atom. The molecule has 0 spiro atoms. The van der Waals surface area contributed by atoms with Crippen LogP contribution in [0.15, 0.2) is 63.9 Å². The summed E-state index contributed by atoms with van der Waals surface area (Å²) in [7, 11) is 1.56. The lowest BCUT2D eigenvalue weighted by Crippen LogP contribution is -2.03. The molecule has 0 aliphatic rings. The second-order valence-corrected chi connectivity index (χ2v) is 4.90. The highest BCUT2D eigenvalue weighted by Crippen LogP contribution is 2.23. The van der Waals surface area contributed by atoms with Gasteiger partial charge in [0.1, 0.15) is 16.7 Å². The van der Waals surface area contributed by atoms with Crippen LogP contribution in [0.5, 0.6) is 5.75 Å². The first kappa shape index (κ1) is 12.6. The quantitative estimate of drug-likeness (QED) is 0.569. The van der Waals surface area contributed by atoms with Gasteiger partial charge in [-0.15, -0.1) is 0 Å². The van der Waals surface area contributed by atoms with Gasteiger partial charge in [0, 0.05) is 0 Å². The molecular formula is C17H12N2O3. The van der Waals surface area contributed by atoms with Crippen molar-refractivity contribution < 1.29 is 9.15 Å². The molecule has 0 saturated carbocycles. The molecule has 0 unspecified atom stereocenters. The Balaban J connectivity index is 2.07. The van der Waals surface area contributed by atoms with E-state index in [1.807, 2.05) is 30.3 Å². The summed E-state index contributed by atoms with van der Waals surface area (Å²) in [5.41, 5.74) is 1.68. The molecule has 0 saturated heterocycles. The monoisotopic (exact) mass is 292 g/mol. The van der Waals surface area contributed by atoms with Crippen molar-refractivity contribution in [2.75, 3.05) is 7.11 Å². The van der Waals surface area contributed by atoms with Gasteiger partial charge in [-0.25, -0.2) is 4.68 Å². The van der Waals surface area contributed by atoms with Crippen LogP contribution in [-0.4, -0.2) is 16.9 Å². The number of hydrogen-bond donors (Lipinski definition) is 0. The highest BCUT2D eigenvalue weighted by molar-refractivity contribution is 5.89. The van der Waals surface area contributed by atoms with Crippen molar-refractivity contribution >= 4 is 22.1 Å². The first-order valence-corrected chi connectivity index (χ1v) is 6.82. The van der Waals surface area contributed by atoms with Crippen molar-refractivity contribution in [2.24, 2.45) is 0 Å². The topological polar surface area (TPSA) is 57.3 Å². The van der Waals surface area contributed by atoms with Crippen molar-refractivity contribution in [1.82, 2.24) is 9.78 Å². The largest absolute Gasteiger partial charge is 0.497 e. The van der Waals surface area contributed by atoms with Crippen LogP contribution in [0, 0.1) is 0 Å². The lowest BCUT2D eigenvalue weighted by Gasteiger charge is -2.04. The molecule has 0 bridgehead atoms. The van der Waals surface area contributed by atoms with Crippen LogP contribution in [0.2, 0.25) is 0 Å². The zero-order valence-corrected chi connectivity index (χ0v) is 11.8. The third-order valence-corrected chi connectivity index (χ3v) is 3.61. The summed E-state index contributed by atoms with van der Waals surface area (Å²) >= 11 is 0. The molecule has 0 atom stereocenters. The lowest BCUT2D eigenvalue weighted by molar-refractivity contribution is 0.415. The van der Waals surface area contributed by atoms with Crippen molar-refractivity contribution in [1.29, 1.82) is 0 Å². The summed E-state index contributed by atoms with van der Waals surface area (Å²) in [6.07, 6.45) is 1.53. The van der Waals surface area contributed by atoms with E-state index in [0.717, 1.165) is 5.69 Å². The van der Waals surface area contributed by atoms with Crippen LogP contribution >= 0.6 is 0 Å². The number of fused-ring (bicyclic) bond motifs is 2. The third-order valence-electron chi connectivity index (χ3n) is 3.61. The first-order valence-electron chi connectivity index (χ1n) is 6.82. The molecule has 0 aliphatic carbocycles. The van der Waals surface area contributed by atoms with Crippen molar-refractivity contribution in [3.8, 4) is 11.4 Å². The van der Waals surface area contributed by atoms with Crippen molar-refractivity contribution in [3.63, 3.8) is 0 Å². The van der Waals surface area contributed by atoms with Crippen molar-refractivity contribution in [3.05, 3.63) is 65.0 Å². The van der Waals surface area contributed by atoms with Crippen LogP contribution in [0.25, 0.3) is 27.8 Å². The Bertz CT molecular complexity index is 1030. The summed E-state index contributed by atoms with van der Waals surface area (Å²) in [5.74, 6) is 0.620. The average Bonchev–Trinajstić information content (AvgIpc) is 3.00. The van der Waals surface area contributed by atoms with Gasteiger partial charge in [-0.05, 0) is 30.3 Å². The summed E-state index contributed by atoms with van der Waals surface area (Å²) in [5, 5.41) is 5.22. The van der Waals surface area contributed by atoms with E-state index in [9.17, 15) is 4.79 Å². The van der Waals surface area contributed by atoms with Crippen LogP contribution in [0.4, 0.5) is 0 Å².